The second-order valence-corrected chi connectivity index (χ2v) is 8.42. The highest BCUT2D eigenvalue weighted by Gasteiger charge is 2.18. The number of hydrogen-bond donors (Lipinski definition) is 4. The van der Waals surface area contributed by atoms with Crippen molar-refractivity contribution >= 4 is 30.9 Å². The van der Waals surface area contributed by atoms with E-state index >= 15 is 0 Å². The highest BCUT2D eigenvalue weighted by Crippen LogP contribution is 2.25. The van der Waals surface area contributed by atoms with Gasteiger partial charge in [-0.15, -0.1) is 0 Å². The number of hydrogen-bond acceptors (Lipinski definition) is 7. The van der Waals surface area contributed by atoms with Crippen LogP contribution in [0, 0.1) is 13.8 Å². The van der Waals surface area contributed by atoms with Crippen molar-refractivity contribution < 1.29 is 45.8 Å². The Hall–Kier alpha value is -2.40. The second kappa shape index (κ2) is 12.6. The van der Waals surface area contributed by atoms with Crippen LogP contribution in [0.3, 0.4) is 0 Å². The molecule has 32 heavy (non-hydrogen) atoms. The molecule has 0 aliphatic rings. The summed E-state index contributed by atoms with van der Waals surface area (Å²) in [5.74, 6) is 0.880. The summed E-state index contributed by atoms with van der Waals surface area (Å²) in [7, 11) is -4.64. The van der Waals surface area contributed by atoms with Gasteiger partial charge in [0.05, 0.1) is 22.6 Å². The van der Waals surface area contributed by atoms with E-state index in [2.05, 4.69) is 21.5 Å². The van der Waals surface area contributed by atoms with Gasteiger partial charge in [0, 0.05) is 19.5 Å². The number of nitrogens with zero attached hydrogens (tertiary/aromatic N) is 3. The number of esters is 1. The molecule has 0 saturated heterocycles. The molecule has 0 bridgehead atoms. The van der Waals surface area contributed by atoms with Crippen molar-refractivity contribution in [2.45, 2.75) is 26.8 Å². The van der Waals surface area contributed by atoms with Crippen LogP contribution < -0.4 is 22.7 Å². The summed E-state index contributed by atoms with van der Waals surface area (Å²) in [5.41, 5.74) is 10.6. The molecule has 0 saturated carbocycles. The van der Waals surface area contributed by atoms with Crippen molar-refractivity contribution in [3.63, 3.8) is 0 Å². The van der Waals surface area contributed by atoms with Crippen LogP contribution in [0.15, 0.2) is 42.0 Å². The van der Waals surface area contributed by atoms with Gasteiger partial charge in [0.15, 0.2) is 12.2 Å². The predicted octanol–water partition coefficient (Wildman–Crippen LogP) is -1.45. The van der Waals surface area contributed by atoms with E-state index in [1.807, 2.05) is 30.6 Å². The third kappa shape index (κ3) is 9.39. The lowest BCUT2D eigenvalue weighted by atomic mass is 10.2. The van der Waals surface area contributed by atoms with Crippen molar-refractivity contribution in [2.24, 2.45) is 0 Å². The van der Waals surface area contributed by atoms with E-state index in [0.29, 0.717) is 36.8 Å². The number of thiazole rings is 1. The van der Waals surface area contributed by atoms with Crippen molar-refractivity contribution in [1.82, 2.24) is 9.97 Å². The maximum absolute atomic E-state index is 12.0. The van der Waals surface area contributed by atoms with Gasteiger partial charge in [-0.25, -0.2) is 19.3 Å². The molecular weight excluding hydrogens is 479 g/mol. The lowest BCUT2D eigenvalue weighted by molar-refractivity contribution is -0.689. The van der Waals surface area contributed by atoms with Crippen molar-refractivity contribution in [1.29, 1.82) is 0 Å². The number of carbonyl (C=O) groups excluding carboxylic acids is 1. The molecule has 0 fully saturated rings. The maximum Gasteiger partial charge on any atom is 0.466 e. The largest absolute Gasteiger partial charge is 1.00 e. The van der Waals surface area contributed by atoms with Crippen LogP contribution >= 0.6 is 19.2 Å². The van der Waals surface area contributed by atoms with Crippen molar-refractivity contribution in [3.05, 3.63) is 69.6 Å². The fourth-order valence-electron chi connectivity index (χ4n) is 2.56. The van der Waals surface area contributed by atoms with Gasteiger partial charge >= 0.3 is 13.8 Å². The Morgan fingerprint density at radius 3 is 2.44 bits per heavy atom. The summed E-state index contributed by atoms with van der Waals surface area (Å²) in [6.45, 7) is 4.84. The van der Waals surface area contributed by atoms with Crippen molar-refractivity contribution in [2.75, 3.05) is 12.3 Å². The molecule has 0 atom stereocenters. The molecule has 2 aromatic heterocycles. The van der Waals surface area contributed by atoms with Crippen LogP contribution in [0.5, 0.6) is 0 Å². The number of carbonyl (C=O) groups is 1. The number of halogens is 1. The maximum atomic E-state index is 12.0. The molecule has 0 radical (unpaired) electrons. The SMILES string of the molecule is Cc1ncc(C[n+]2csc(CCOC(=O)c3ccccc3)c2C)c(N)n1.O=P(O)(O)O.[Cl-]. The molecular formula is C19H24ClN4O6PS. The van der Waals surface area contributed by atoms with Gasteiger partial charge in [-0.2, -0.15) is 4.57 Å². The lowest BCUT2D eigenvalue weighted by Gasteiger charge is -2.04. The number of ether oxygens (including phenoxy) is 1. The first-order valence-corrected chi connectivity index (χ1v) is 11.5. The van der Waals surface area contributed by atoms with Gasteiger partial charge in [-0.1, -0.05) is 29.5 Å². The van der Waals surface area contributed by atoms with Gasteiger partial charge < -0.3 is 37.6 Å². The number of aromatic nitrogens is 3. The lowest BCUT2D eigenvalue weighted by Crippen LogP contribution is -3.00. The molecule has 174 valence electrons. The van der Waals surface area contributed by atoms with E-state index < -0.39 is 7.82 Å². The van der Waals surface area contributed by atoms with Gasteiger partial charge in [0.25, 0.3) is 0 Å². The fraction of sp³-hybridized carbons (Fsp3) is 0.263. The summed E-state index contributed by atoms with van der Waals surface area (Å²) < 4.78 is 16.4. The predicted molar refractivity (Wildman–Crippen MR) is 114 cm³/mol. The topological polar surface area (TPSA) is 160 Å². The minimum absolute atomic E-state index is 0. The molecule has 3 aromatic rings. The molecule has 0 spiro atoms. The quantitative estimate of drug-likeness (QED) is 0.179. The standard InChI is InChI=1S/C19H21N4O2S.ClH.H3O4P/c1-13-17(8-9-25-19(24)15-6-4-3-5-7-15)26-12-23(13)11-16-10-21-14(2)22-18(16)20;;1-5(2,3)4/h3-7,10,12H,8-9,11H2,1-2H3,(H2,20,21,22);1H;(H3,1,2,3,4)/q+1;;/p-1. The van der Waals surface area contributed by atoms with Gasteiger partial charge in [0.1, 0.15) is 11.6 Å². The first-order chi connectivity index (χ1) is 14.5. The zero-order valence-electron chi connectivity index (χ0n) is 17.4. The van der Waals surface area contributed by atoms with E-state index in [1.54, 1.807) is 29.7 Å². The minimum Gasteiger partial charge on any atom is -1.00 e. The third-order valence-corrected chi connectivity index (χ3v) is 5.23. The van der Waals surface area contributed by atoms with E-state index in [9.17, 15) is 4.79 Å². The fourth-order valence-corrected chi connectivity index (χ4v) is 3.54. The van der Waals surface area contributed by atoms with Crippen LogP contribution in [0.1, 0.15) is 32.3 Å². The first kappa shape index (κ1) is 27.6. The summed E-state index contributed by atoms with van der Waals surface area (Å²) in [6, 6.07) is 9.02. The van der Waals surface area contributed by atoms with Crippen LogP contribution in [0.25, 0.3) is 0 Å². The summed E-state index contributed by atoms with van der Waals surface area (Å²) >= 11 is 1.64. The normalized spacial score (nSPS) is 10.5. The second-order valence-electron chi connectivity index (χ2n) is 6.45. The van der Waals surface area contributed by atoms with Crippen LogP contribution in [0.4, 0.5) is 5.82 Å². The minimum atomic E-state index is -4.64. The molecule has 5 N–H and O–H groups in total. The summed E-state index contributed by atoms with van der Waals surface area (Å²) in [4.78, 5) is 43.1. The molecule has 2 heterocycles. The molecule has 3 rings (SSSR count). The monoisotopic (exact) mass is 502 g/mol. The Bertz CT molecular complexity index is 1070. The Morgan fingerprint density at radius 1 is 1.22 bits per heavy atom. The number of aryl methyl sites for hydroxylation is 1. The molecule has 0 amide bonds. The van der Waals surface area contributed by atoms with Crippen LogP contribution in [-0.4, -0.2) is 37.2 Å². The van der Waals surface area contributed by atoms with Crippen LogP contribution in [-0.2, 0) is 22.3 Å². The summed E-state index contributed by atoms with van der Waals surface area (Å²) in [5, 5.41) is 0. The number of phosphoric acid groups is 1. The number of rotatable bonds is 6. The Labute approximate surface area is 195 Å². The van der Waals surface area contributed by atoms with E-state index in [-0.39, 0.29) is 18.4 Å². The van der Waals surface area contributed by atoms with Crippen molar-refractivity contribution in [3.8, 4) is 0 Å². The first-order valence-electron chi connectivity index (χ1n) is 9.09. The number of benzene rings is 1. The summed E-state index contributed by atoms with van der Waals surface area (Å²) in [6.07, 6.45) is 2.45. The Morgan fingerprint density at radius 2 is 1.84 bits per heavy atom. The molecule has 0 aliphatic heterocycles. The van der Waals surface area contributed by atoms with Gasteiger partial charge in [-0.3, -0.25) is 0 Å². The van der Waals surface area contributed by atoms with E-state index in [1.165, 1.54) is 4.88 Å². The van der Waals surface area contributed by atoms with E-state index in [0.717, 1.165) is 11.3 Å². The highest BCUT2D eigenvalue weighted by molar-refractivity contribution is 7.45. The van der Waals surface area contributed by atoms with Crippen LogP contribution in [0.2, 0.25) is 0 Å². The molecule has 10 nitrogen and oxygen atoms in total. The zero-order chi connectivity index (χ0) is 23.0. The van der Waals surface area contributed by atoms with Gasteiger partial charge in [-0.05, 0) is 19.1 Å². The number of anilines is 1. The molecule has 1 aromatic carbocycles. The van der Waals surface area contributed by atoms with Gasteiger partial charge in [0.2, 0.25) is 5.51 Å². The molecule has 0 aliphatic carbocycles. The third-order valence-electron chi connectivity index (χ3n) is 4.09. The zero-order valence-corrected chi connectivity index (χ0v) is 19.8. The van der Waals surface area contributed by atoms with E-state index in [4.69, 9.17) is 29.7 Å². The number of nitrogens with two attached hydrogens (primary N) is 1. The smallest absolute Gasteiger partial charge is 0.466 e. The number of nitrogen functional groups attached to an aromatic ring is 1. The average Bonchev–Trinajstić information content (AvgIpc) is 3.03. The average molecular weight is 503 g/mol. The Kier molecular flexibility index (Phi) is 10.9. The highest BCUT2D eigenvalue weighted by atomic mass is 35.5. The Balaban J connectivity index is 0.000000770. The molecule has 0 unspecified atom stereocenters. The molecule has 13 heteroatoms.